The molecule has 2 heterocycles. The molecule has 0 saturated carbocycles. The van der Waals surface area contributed by atoms with Crippen molar-refractivity contribution in [2.24, 2.45) is 0 Å². The lowest BCUT2D eigenvalue weighted by Crippen LogP contribution is -2.45. The van der Waals surface area contributed by atoms with Crippen molar-refractivity contribution in [1.29, 1.82) is 0 Å². The van der Waals surface area contributed by atoms with Crippen molar-refractivity contribution in [3.8, 4) is 0 Å². The molecule has 1 aromatic heterocycles. The van der Waals surface area contributed by atoms with E-state index in [-0.39, 0.29) is 11.9 Å². The maximum Gasteiger partial charge on any atom is 0.245 e. The minimum Gasteiger partial charge on any atom is -0.338 e. The van der Waals surface area contributed by atoms with Gasteiger partial charge in [0.05, 0.1) is 6.33 Å². The van der Waals surface area contributed by atoms with Crippen LogP contribution in [-0.4, -0.2) is 32.9 Å². The summed E-state index contributed by atoms with van der Waals surface area (Å²) in [6.07, 6.45) is 9.67. The molecule has 0 aromatic carbocycles. The maximum atomic E-state index is 12.5. The highest BCUT2D eigenvalue weighted by molar-refractivity contribution is 5.80. The van der Waals surface area contributed by atoms with E-state index in [0.717, 1.165) is 25.8 Å². The molecule has 0 bridgehead atoms. The van der Waals surface area contributed by atoms with Crippen molar-refractivity contribution in [2.45, 2.75) is 51.6 Å². The highest BCUT2D eigenvalue weighted by Gasteiger charge is 2.28. The zero-order valence-corrected chi connectivity index (χ0v) is 10.7. The van der Waals surface area contributed by atoms with Crippen LogP contribution in [-0.2, 0) is 4.79 Å². The molecule has 94 valence electrons. The van der Waals surface area contributed by atoms with Gasteiger partial charge in [-0.3, -0.25) is 4.79 Å². The number of nitrogens with zero attached hydrogens (tertiary/aromatic N) is 3. The van der Waals surface area contributed by atoms with Crippen LogP contribution in [0.15, 0.2) is 18.7 Å². The van der Waals surface area contributed by atoms with E-state index in [4.69, 9.17) is 0 Å². The van der Waals surface area contributed by atoms with E-state index in [1.165, 1.54) is 6.42 Å². The molecule has 1 amide bonds. The van der Waals surface area contributed by atoms with Crippen molar-refractivity contribution < 1.29 is 4.79 Å². The lowest BCUT2D eigenvalue weighted by Gasteiger charge is -2.36. The zero-order valence-electron chi connectivity index (χ0n) is 10.7. The second-order valence-corrected chi connectivity index (χ2v) is 4.81. The van der Waals surface area contributed by atoms with Crippen LogP contribution in [0.3, 0.4) is 0 Å². The highest BCUT2D eigenvalue weighted by atomic mass is 16.2. The highest BCUT2D eigenvalue weighted by Crippen LogP contribution is 2.22. The summed E-state index contributed by atoms with van der Waals surface area (Å²) in [4.78, 5) is 18.6. The van der Waals surface area contributed by atoms with Gasteiger partial charge >= 0.3 is 0 Å². The summed E-state index contributed by atoms with van der Waals surface area (Å²) >= 11 is 0. The molecule has 0 N–H and O–H groups in total. The van der Waals surface area contributed by atoms with Crippen molar-refractivity contribution in [1.82, 2.24) is 14.5 Å². The number of carbonyl (C=O) groups is 1. The van der Waals surface area contributed by atoms with Gasteiger partial charge in [-0.05, 0) is 32.6 Å². The summed E-state index contributed by atoms with van der Waals surface area (Å²) in [6.45, 7) is 5.11. The Labute approximate surface area is 103 Å². The number of imidazole rings is 1. The van der Waals surface area contributed by atoms with E-state index in [1.54, 1.807) is 12.5 Å². The molecule has 4 heteroatoms. The van der Waals surface area contributed by atoms with Gasteiger partial charge in [-0.2, -0.15) is 0 Å². The fourth-order valence-corrected chi connectivity index (χ4v) is 2.58. The predicted octanol–water partition coefficient (Wildman–Crippen LogP) is 2.24. The average Bonchev–Trinajstić information content (AvgIpc) is 2.84. The first kappa shape index (κ1) is 12.1. The van der Waals surface area contributed by atoms with Gasteiger partial charge in [0.1, 0.15) is 6.04 Å². The van der Waals surface area contributed by atoms with Crippen LogP contribution in [0.4, 0.5) is 0 Å². The van der Waals surface area contributed by atoms with E-state index >= 15 is 0 Å². The van der Waals surface area contributed by atoms with E-state index in [2.05, 4.69) is 18.8 Å². The number of likely N-dealkylation sites (tertiary alicyclic amines) is 1. The fourth-order valence-electron chi connectivity index (χ4n) is 2.58. The number of hydrogen-bond donors (Lipinski definition) is 0. The van der Waals surface area contributed by atoms with Gasteiger partial charge in [0.15, 0.2) is 0 Å². The van der Waals surface area contributed by atoms with Gasteiger partial charge in [-0.15, -0.1) is 0 Å². The monoisotopic (exact) mass is 235 g/mol. The Balaban J connectivity index is 2.11. The summed E-state index contributed by atoms with van der Waals surface area (Å²) in [6, 6.07) is 0.298. The molecule has 4 nitrogen and oxygen atoms in total. The van der Waals surface area contributed by atoms with Gasteiger partial charge in [0.2, 0.25) is 5.91 Å². The molecule has 0 radical (unpaired) electrons. The second-order valence-electron chi connectivity index (χ2n) is 4.81. The maximum absolute atomic E-state index is 12.5. The number of hydrogen-bond acceptors (Lipinski definition) is 2. The first-order valence-corrected chi connectivity index (χ1v) is 6.52. The van der Waals surface area contributed by atoms with Gasteiger partial charge in [0.25, 0.3) is 0 Å². The Morgan fingerprint density at radius 3 is 2.94 bits per heavy atom. The predicted molar refractivity (Wildman–Crippen MR) is 66.6 cm³/mol. The molecule has 1 aliphatic heterocycles. The van der Waals surface area contributed by atoms with E-state index in [9.17, 15) is 4.79 Å². The third-order valence-corrected chi connectivity index (χ3v) is 3.64. The molecule has 1 fully saturated rings. The Bertz CT molecular complexity index is 361. The van der Waals surface area contributed by atoms with Gasteiger partial charge in [0, 0.05) is 25.0 Å². The molecule has 2 unspecified atom stereocenters. The summed E-state index contributed by atoms with van der Waals surface area (Å²) < 4.78 is 1.92. The number of carbonyl (C=O) groups excluding carboxylic acids is 1. The fraction of sp³-hybridized carbons (Fsp3) is 0.692. The average molecular weight is 235 g/mol. The van der Waals surface area contributed by atoms with Crippen molar-refractivity contribution >= 4 is 5.91 Å². The molecular formula is C13H21N3O. The summed E-state index contributed by atoms with van der Waals surface area (Å²) in [7, 11) is 0. The number of amides is 1. The molecule has 0 spiro atoms. The zero-order chi connectivity index (χ0) is 12.3. The smallest absolute Gasteiger partial charge is 0.245 e. The van der Waals surface area contributed by atoms with Crippen LogP contribution >= 0.6 is 0 Å². The van der Waals surface area contributed by atoms with Crippen LogP contribution in [0.1, 0.15) is 45.6 Å². The minimum absolute atomic E-state index is 0.0851. The first-order valence-electron chi connectivity index (χ1n) is 6.52. The first-order chi connectivity index (χ1) is 8.24. The number of piperidine rings is 1. The minimum atomic E-state index is -0.0851. The Hall–Kier alpha value is -1.32. The summed E-state index contributed by atoms with van der Waals surface area (Å²) in [5.41, 5.74) is 0. The largest absolute Gasteiger partial charge is 0.338 e. The molecule has 1 saturated heterocycles. The van der Waals surface area contributed by atoms with Crippen LogP contribution < -0.4 is 0 Å². The molecule has 0 aliphatic carbocycles. The Kier molecular flexibility index (Phi) is 3.82. The Morgan fingerprint density at radius 1 is 1.53 bits per heavy atom. The third-order valence-electron chi connectivity index (χ3n) is 3.64. The van der Waals surface area contributed by atoms with E-state index in [0.29, 0.717) is 6.04 Å². The molecular weight excluding hydrogens is 214 g/mol. The summed E-state index contributed by atoms with van der Waals surface area (Å²) in [5, 5.41) is 0. The lowest BCUT2D eigenvalue weighted by atomic mass is 10.0. The van der Waals surface area contributed by atoms with E-state index in [1.807, 2.05) is 15.7 Å². The second kappa shape index (κ2) is 5.34. The quantitative estimate of drug-likeness (QED) is 0.805. The standard InChI is InChI=1S/C13H21N3O/c1-3-12(15-9-7-14-10-15)13(17)16-8-5-4-6-11(16)2/h7,9-12H,3-6,8H2,1-2H3. The molecule has 1 aromatic rings. The normalized spacial score (nSPS) is 22.5. The van der Waals surface area contributed by atoms with E-state index < -0.39 is 0 Å². The molecule has 1 aliphatic rings. The van der Waals surface area contributed by atoms with Crippen LogP contribution in [0.5, 0.6) is 0 Å². The van der Waals surface area contributed by atoms with Crippen LogP contribution in [0.25, 0.3) is 0 Å². The third kappa shape index (κ3) is 2.51. The SMILES string of the molecule is CCC(C(=O)N1CCCCC1C)n1ccnc1. The molecule has 2 atom stereocenters. The van der Waals surface area contributed by atoms with Crippen molar-refractivity contribution in [2.75, 3.05) is 6.54 Å². The molecule has 2 rings (SSSR count). The van der Waals surface area contributed by atoms with Gasteiger partial charge in [-0.1, -0.05) is 6.92 Å². The number of rotatable bonds is 3. The Morgan fingerprint density at radius 2 is 2.35 bits per heavy atom. The summed E-state index contributed by atoms with van der Waals surface area (Å²) in [5.74, 6) is 0.248. The van der Waals surface area contributed by atoms with Crippen molar-refractivity contribution in [3.05, 3.63) is 18.7 Å². The van der Waals surface area contributed by atoms with Crippen molar-refractivity contribution in [3.63, 3.8) is 0 Å². The van der Waals surface area contributed by atoms with Crippen LogP contribution in [0.2, 0.25) is 0 Å². The topological polar surface area (TPSA) is 38.1 Å². The molecule has 17 heavy (non-hydrogen) atoms. The number of aromatic nitrogens is 2. The van der Waals surface area contributed by atoms with Gasteiger partial charge < -0.3 is 9.47 Å². The lowest BCUT2D eigenvalue weighted by molar-refractivity contribution is -0.138. The van der Waals surface area contributed by atoms with Gasteiger partial charge in [-0.25, -0.2) is 4.98 Å². The van der Waals surface area contributed by atoms with Crippen LogP contribution in [0, 0.1) is 0 Å².